The summed E-state index contributed by atoms with van der Waals surface area (Å²) < 4.78 is 5.07. The Labute approximate surface area is 147 Å². The maximum Gasteiger partial charge on any atom is 0.119 e. The average molecular weight is 332 g/mol. The molecule has 134 valence electrons. The van der Waals surface area contributed by atoms with E-state index in [1.807, 2.05) is 78.0 Å². The second-order valence-corrected chi connectivity index (χ2v) is 3.89. The smallest absolute Gasteiger partial charge is 0.119 e. The number of phenols is 2. The van der Waals surface area contributed by atoms with E-state index in [0.717, 1.165) is 16.9 Å². The van der Waals surface area contributed by atoms with E-state index in [-0.39, 0.29) is 11.5 Å². The summed E-state index contributed by atoms with van der Waals surface area (Å²) in [6.07, 6.45) is 3.72. The van der Waals surface area contributed by atoms with Crippen molar-refractivity contribution in [2.75, 3.05) is 7.11 Å². The second kappa shape index (κ2) is 15.5. The average Bonchev–Trinajstić information content (AvgIpc) is 2.65. The summed E-state index contributed by atoms with van der Waals surface area (Å²) >= 11 is 0. The van der Waals surface area contributed by atoms with Crippen LogP contribution in [0.25, 0.3) is 12.2 Å². The van der Waals surface area contributed by atoms with Crippen LogP contribution in [0.3, 0.4) is 0 Å². The summed E-state index contributed by atoms with van der Waals surface area (Å²) in [7, 11) is 1.63. The molecule has 3 heteroatoms. The highest BCUT2D eigenvalue weighted by molar-refractivity contribution is 5.71. The van der Waals surface area contributed by atoms with Gasteiger partial charge in [-0.2, -0.15) is 0 Å². The van der Waals surface area contributed by atoms with Gasteiger partial charge in [-0.05, 0) is 35.4 Å². The van der Waals surface area contributed by atoms with E-state index in [9.17, 15) is 10.2 Å². The molecule has 3 nitrogen and oxygen atoms in total. The van der Waals surface area contributed by atoms with Gasteiger partial charge in [0, 0.05) is 6.07 Å². The number of ether oxygens (including phenoxy) is 1. The fourth-order valence-corrected chi connectivity index (χ4v) is 1.62. The molecule has 0 aromatic heterocycles. The number of hydrogen-bond acceptors (Lipinski definition) is 3. The Bertz CT molecular complexity index is 538. The molecule has 0 heterocycles. The van der Waals surface area contributed by atoms with Gasteiger partial charge in [0.1, 0.15) is 17.2 Å². The first kappa shape index (κ1) is 23.8. The highest BCUT2D eigenvalue weighted by atomic mass is 16.5. The molecule has 0 spiro atoms. The second-order valence-electron chi connectivity index (χ2n) is 3.89. The van der Waals surface area contributed by atoms with Gasteiger partial charge >= 0.3 is 0 Å². The van der Waals surface area contributed by atoms with E-state index in [0.29, 0.717) is 0 Å². The normalized spacial score (nSPS) is 8.79. The Hall–Kier alpha value is -2.42. The van der Waals surface area contributed by atoms with Gasteiger partial charge in [-0.3, -0.25) is 0 Å². The number of aromatic hydroxyl groups is 2. The van der Waals surface area contributed by atoms with Gasteiger partial charge in [0.25, 0.3) is 0 Å². The van der Waals surface area contributed by atoms with Gasteiger partial charge in [0.15, 0.2) is 0 Å². The molecule has 0 fully saturated rings. The molecule has 0 aliphatic carbocycles. The van der Waals surface area contributed by atoms with E-state index in [1.165, 1.54) is 6.07 Å². The first-order chi connectivity index (χ1) is 11.7. The van der Waals surface area contributed by atoms with Crippen LogP contribution in [0.5, 0.6) is 17.2 Å². The standard InChI is InChI=1S/C15H14O3.3C2H6/c1-18-15-6-4-11(5-7-15)2-3-12-8-13(16)10-14(17)9-12;3*1-2/h2-10,16-17H,1H3;3*1-2H3/b3-2+;;;. The SMILES string of the molecule is CC.CC.CC.COc1ccc(/C=C/c2cc(O)cc(O)c2)cc1. The van der Waals surface area contributed by atoms with Crippen LogP contribution in [0.4, 0.5) is 0 Å². The molecule has 2 N–H and O–H groups in total. The highest BCUT2D eigenvalue weighted by Gasteiger charge is 1.96. The van der Waals surface area contributed by atoms with Crippen LogP contribution in [0, 0.1) is 0 Å². The van der Waals surface area contributed by atoms with Crippen LogP contribution in [0.1, 0.15) is 52.7 Å². The Morgan fingerprint density at radius 3 is 1.50 bits per heavy atom. The first-order valence-corrected chi connectivity index (χ1v) is 8.52. The number of methoxy groups -OCH3 is 1. The van der Waals surface area contributed by atoms with Crippen molar-refractivity contribution in [2.45, 2.75) is 41.5 Å². The van der Waals surface area contributed by atoms with Crippen molar-refractivity contribution in [1.82, 2.24) is 0 Å². The Kier molecular flexibility index (Phi) is 15.4. The van der Waals surface area contributed by atoms with Crippen LogP contribution in [-0.2, 0) is 0 Å². The fraction of sp³-hybridized carbons (Fsp3) is 0.333. The molecule has 0 saturated heterocycles. The van der Waals surface area contributed by atoms with Gasteiger partial charge in [-0.15, -0.1) is 0 Å². The first-order valence-electron chi connectivity index (χ1n) is 8.52. The molecule has 2 rings (SSSR count). The maximum absolute atomic E-state index is 9.35. The summed E-state index contributed by atoms with van der Waals surface area (Å²) in [5, 5.41) is 18.7. The lowest BCUT2D eigenvalue weighted by Gasteiger charge is -2.00. The zero-order valence-corrected chi connectivity index (χ0v) is 16.0. The zero-order valence-electron chi connectivity index (χ0n) is 16.0. The van der Waals surface area contributed by atoms with Gasteiger partial charge in [0.05, 0.1) is 7.11 Å². The molecule has 0 atom stereocenters. The fourth-order valence-electron chi connectivity index (χ4n) is 1.62. The van der Waals surface area contributed by atoms with Crippen LogP contribution >= 0.6 is 0 Å². The molecule has 2 aromatic rings. The Morgan fingerprint density at radius 2 is 1.08 bits per heavy atom. The molecule has 24 heavy (non-hydrogen) atoms. The predicted octanol–water partition coefficient (Wildman–Crippen LogP) is 6.36. The van der Waals surface area contributed by atoms with Gasteiger partial charge < -0.3 is 14.9 Å². The van der Waals surface area contributed by atoms with E-state index >= 15 is 0 Å². The Morgan fingerprint density at radius 1 is 0.667 bits per heavy atom. The van der Waals surface area contributed by atoms with Crippen LogP contribution in [0.2, 0.25) is 0 Å². The Balaban J connectivity index is 0. The van der Waals surface area contributed by atoms with Crippen molar-refractivity contribution in [1.29, 1.82) is 0 Å². The van der Waals surface area contributed by atoms with Gasteiger partial charge in [0.2, 0.25) is 0 Å². The molecule has 0 aliphatic heterocycles. The monoisotopic (exact) mass is 332 g/mol. The zero-order chi connectivity index (χ0) is 19.0. The van der Waals surface area contributed by atoms with E-state index < -0.39 is 0 Å². The topological polar surface area (TPSA) is 49.7 Å². The third kappa shape index (κ3) is 9.57. The van der Waals surface area contributed by atoms with Crippen LogP contribution in [-0.4, -0.2) is 17.3 Å². The lowest BCUT2D eigenvalue weighted by atomic mass is 10.1. The third-order valence-electron chi connectivity index (χ3n) is 2.51. The number of rotatable bonds is 3. The van der Waals surface area contributed by atoms with Gasteiger partial charge in [-0.1, -0.05) is 65.8 Å². The largest absolute Gasteiger partial charge is 0.508 e. The minimum atomic E-state index is 0.0457. The number of phenolic OH excluding ortho intramolecular Hbond substituents is 2. The minimum absolute atomic E-state index is 0.0457. The summed E-state index contributed by atoms with van der Waals surface area (Å²) in [6, 6.07) is 12.1. The molecule has 0 saturated carbocycles. The van der Waals surface area contributed by atoms with Crippen molar-refractivity contribution >= 4 is 12.2 Å². The summed E-state index contributed by atoms with van der Waals surface area (Å²) in [6.45, 7) is 12.0. The molecule has 0 amide bonds. The van der Waals surface area contributed by atoms with Crippen LogP contribution < -0.4 is 4.74 Å². The maximum atomic E-state index is 9.35. The van der Waals surface area contributed by atoms with E-state index in [1.54, 1.807) is 19.2 Å². The van der Waals surface area contributed by atoms with Crippen molar-refractivity contribution in [3.8, 4) is 17.2 Å². The summed E-state index contributed by atoms with van der Waals surface area (Å²) in [4.78, 5) is 0. The van der Waals surface area contributed by atoms with E-state index in [2.05, 4.69) is 0 Å². The molecule has 2 aromatic carbocycles. The lowest BCUT2D eigenvalue weighted by Crippen LogP contribution is -1.81. The highest BCUT2D eigenvalue weighted by Crippen LogP contribution is 2.22. The number of hydrogen-bond donors (Lipinski definition) is 2. The molecule has 0 unspecified atom stereocenters. The van der Waals surface area contributed by atoms with Crippen LogP contribution in [0.15, 0.2) is 42.5 Å². The summed E-state index contributed by atoms with van der Waals surface area (Å²) in [5.74, 6) is 0.899. The van der Waals surface area contributed by atoms with Crippen molar-refractivity contribution in [2.24, 2.45) is 0 Å². The lowest BCUT2D eigenvalue weighted by molar-refractivity contribution is 0.415. The van der Waals surface area contributed by atoms with E-state index in [4.69, 9.17) is 4.74 Å². The molecular formula is C21H32O3. The van der Waals surface area contributed by atoms with Gasteiger partial charge in [-0.25, -0.2) is 0 Å². The molecule has 0 bridgehead atoms. The molecule has 0 aliphatic rings. The quantitative estimate of drug-likeness (QED) is 0.643. The van der Waals surface area contributed by atoms with Crippen molar-refractivity contribution in [3.05, 3.63) is 53.6 Å². The summed E-state index contributed by atoms with van der Waals surface area (Å²) in [5.41, 5.74) is 1.75. The minimum Gasteiger partial charge on any atom is -0.508 e. The predicted molar refractivity (Wildman–Crippen MR) is 106 cm³/mol. The van der Waals surface area contributed by atoms with Crippen molar-refractivity contribution < 1.29 is 14.9 Å². The third-order valence-corrected chi connectivity index (χ3v) is 2.51. The molecular weight excluding hydrogens is 300 g/mol. The number of benzene rings is 2. The van der Waals surface area contributed by atoms with Crippen molar-refractivity contribution in [3.63, 3.8) is 0 Å². The molecule has 0 radical (unpaired) electrons.